The Morgan fingerprint density at radius 3 is 2.45 bits per heavy atom. The summed E-state index contributed by atoms with van der Waals surface area (Å²) in [5.74, 6) is 1.65. The summed E-state index contributed by atoms with van der Waals surface area (Å²) >= 11 is 0. The van der Waals surface area contributed by atoms with E-state index in [1.807, 2.05) is 0 Å². The van der Waals surface area contributed by atoms with E-state index in [2.05, 4.69) is 68.6 Å². The third-order valence-electron chi connectivity index (χ3n) is 5.20. The van der Waals surface area contributed by atoms with Gasteiger partial charge in [0.2, 0.25) is 0 Å². The first-order valence-corrected chi connectivity index (χ1v) is 7.90. The molecule has 0 bridgehead atoms. The van der Waals surface area contributed by atoms with Crippen LogP contribution in [0.2, 0.25) is 0 Å². The van der Waals surface area contributed by atoms with Crippen molar-refractivity contribution < 1.29 is 0 Å². The van der Waals surface area contributed by atoms with Gasteiger partial charge in [0.05, 0.1) is 0 Å². The predicted molar refractivity (Wildman–Crippen MR) is 86.8 cm³/mol. The monoisotopic (exact) mass is 267 g/mol. The Kier molecular flexibility index (Phi) is 3.80. The molecule has 2 aromatic rings. The van der Waals surface area contributed by atoms with Gasteiger partial charge < -0.3 is 5.32 Å². The van der Waals surface area contributed by atoms with Gasteiger partial charge in [-0.2, -0.15) is 0 Å². The van der Waals surface area contributed by atoms with E-state index >= 15 is 0 Å². The van der Waals surface area contributed by atoms with Gasteiger partial charge in [-0.1, -0.05) is 50.2 Å². The minimum Gasteiger partial charge on any atom is -0.307 e. The zero-order chi connectivity index (χ0) is 14.1. The molecule has 106 valence electrons. The zero-order valence-electron chi connectivity index (χ0n) is 12.8. The first kappa shape index (κ1) is 13.6. The SMILES string of the molecule is CC(NC1CCC(C)C1C)c1ccc2ccccc2c1. The van der Waals surface area contributed by atoms with Crippen molar-refractivity contribution in [2.75, 3.05) is 0 Å². The lowest BCUT2D eigenvalue weighted by Crippen LogP contribution is -2.34. The molecule has 3 rings (SSSR count). The molecule has 0 amide bonds. The Labute approximate surface area is 122 Å². The maximum Gasteiger partial charge on any atom is 0.0294 e. The summed E-state index contributed by atoms with van der Waals surface area (Å²) in [6.07, 6.45) is 2.68. The highest BCUT2D eigenvalue weighted by Gasteiger charge is 2.30. The molecule has 0 spiro atoms. The summed E-state index contributed by atoms with van der Waals surface area (Å²) in [6.45, 7) is 7.06. The number of hydrogen-bond acceptors (Lipinski definition) is 1. The maximum absolute atomic E-state index is 3.84. The van der Waals surface area contributed by atoms with Gasteiger partial charge in [-0.05, 0) is 54.0 Å². The molecule has 4 atom stereocenters. The highest BCUT2D eigenvalue weighted by atomic mass is 15.0. The van der Waals surface area contributed by atoms with Crippen molar-refractivity contribution in [2.24, 2.45) is 11.8 Å². The van der Waals surface area contributed by atoms with Crippen molar-refractivity contribution >= 4 is 10.8 Å². The molecule has 2 aromatic carbocycles. The van der Waals surface area contributed by atoms with Crippen LogP contribution in [0, 0.1) is 11.8 Å². The first-order valence-electron chi connectivity index (χ1n) is 7.90. The fraction of sp³-hybridized carbons (Fsp3) is 0.474. The van der Waals surface area contributed by atoms with Gasteiger partial charge >= 0.3 is 0 Å². The van der Waals surface area contributed by atoms with Crippen LogP contribution in [0.25, 0.3) is 10.8 Å². The molecule has 4 unspecified atom stereocenters. The predicted octanol–water partition coefficient (Wildman–Crippen LogP) is 4.93. The van der Waals surface area contributed by atoms with Gasteiger partial charge in [0.1, 0.15) is 0 Å². The van der Waals surface area contributed by atoms with Crippen LogP contribution in [0.1, 0.15) is 45.2 Å². The van der Waals surface area contributed by atoms with Gasteiger partial charge in [0.15, 0.2) is 0 Å². The molecule has 20 heavy (non-hydrogen) atoms. The largest absolute Gasteiger partial charge is 0.307 e. The van der Waals surface area contributed by atoms with Crippen molar-refractivity contribution in [1.82, 2.24) is 5.32 Å². The molecular formula is C19H25N. The molecule has 1 heteroatoms. The normalized spacial score (nSPS) is 27.9. The third kappa shape index (κ3) is 2.60. The first-order chi connectivity index (χ1) is 9.65. The van der Waals surface area contributed by atoms with E-state index in [1.54, 1.807) is 0 Å². The second-order valence-corrected chi connectivity index (χ2v) is 6.52. The van der Waals surface area contributed by atoms with Gasteiger partial charge in [-0.3, -0.25) is 0 Å². The highest BCUT2D eigenvalue weighted by molar-refractivity contribution is 5.83. The number of fused-ring (bicyclic) bond motifs is 1. The number of nitrogens with one attached hydrogen (secondary N) is 1. The molecule has 1 nitrogen and oxygen atoms in total. The second-order valence-electron chi connectivity index (χ2n) is 6.52. The summed E-state index contributed by atoms with van der Waals surface area (Å²) in [6, 6.07) is 16.5. The van der Waals surface area contributed by atoms with Gasteiger partial charge in [0, 0.05) is 12.1 Å². The molecule has 0 aliphatic heterocycles. The molecule has 0 heterocycles. The molecule has 1 saturated carbocycles. The van der Waals surface area contributed by atoms with Crippen LogP contribution in [0.3, 0.4) is 0 Å². The Morgan fingerprint density at radius 1 is 1.00 bits per heavy atom. The minimum absolute atomic E-state index is 0.428. The number of hydrogen-bond donors (Lipinski definition) is 1. The molecule has 0 radical (unpaired) electrons. The van der Waals surface area contributed by atoms with E-state index in [0.29, 0.717) is 12.1 Å². The Morgan fingerprint density at radius 2 is 1.75 bits per heavy atom. The van der Waals surface area contributed by atoms with E-state index in [1.165, 1.54) is 29.2 Å². The summed E-state index contributed by atoms with van der Waals surface area (Å²) in [5.41, 5.74) is 1.40. The molecule has 1 aliphatic carbocycles. The van der Waals surface area contributed by atoms with Gasteiger partial charge in [-0.15, -0.1) is 0 Å². The lowest BCUT2D eigenvalue weighted by atomic mass is 9.96. The number of rotatable bonds is 3. The average molecular weight is 267 g/mol. The van der Waals surface area contributed by atoms with Crippen LogP contribution >= 0.6 is 0 Å². The number of benzene rings is 2. The summed E-state index contributed by atoms with van der Waals surface area (Å²) < 4.78 is 0. The quantitative estimate of drug-likeness (QED) is 0.832. The van der Waals surface area contributed by atoms with Crippen LogP contribution in [0.15, 0.2) is 42.5 Å². The standard InChI is InChI=1S/C19H25N/c1-13-8-11-19(14(13)2)20-15(3)17-10-9-16-6-4-5-7-18(16)12-17/h4-7,9-10,12-15,19-20H,8,11H2,1-3H3. The van der Waals surface area contributed by atoms with Crippen molar-refractivity contribution in [2.45, 2.75) is 45.7 Å². The molecule has 0 aromatic heterocycles. The highest BCUT2D eigenvalue weighted by Crippen LogP contribution is 2.32. The van der Waals surface area contributed by atoms with Crippen LogP contribution in [0.5, 0.6) is 0 Å². The third-order valence-corrected chi connectivity index (χ3v) is 5.20. The van der Waals surface area contributed by atoms with Crippen LogP contribution in [0.4, 0.5) is 0 Å². The van der Waals surface area contributed by atoms with Crippen LogP contribution in [-0.4, -0.2) is 6.04 Å². The Hall–Kier alpha value is -1.34. The fourth-order valence-electron chi connectivity index (χ4n) is 3.49. The van der Waals surface area contributed by atoms with Crippen LogP contribution < -0.4 is 5.32 Å². The smallest absolute Gasteiger partial charge is 0.0294 e. The maximum atomic E-state index is 3.84. The Bertz CT molecular complexity index is 589. The lowest BCUT2D eigenvalue weighted by molar-refractivity contribution is 0.347. The van der Waals surface area contributed by atoms with E-state index in [4.69, 9.17) is 0 Å². The molecular weight excluding hydrogens is 242 g/mol. The van der Waals surface area contributed by atoms with Gasteiger partial charge in [-0.25, -0.2) is 0 Å². The second kappa shape index (κ2) is 5.57. The van der Waals surface area contributed by atoms with Crippen molar-refractivity contribution in [3.05, 3.63) is 48.0 Å². The van der Waals surface area contributed by atoms with Gasteiger partial charge in [0.25, 0.3) is 0 Å². The van der Waals surface area contributed by atoms with E-state index in [-0.39, 0.29) is 0 Å². The summed E-state index contributed by atoms with van der Waals surface area (Å²) in [4.78, 5) is 0. The fourth-order valence-corrected chi connectivity index (χ4v) is 3.49. The van der Waals surface area contributed by atoms with E-state index in [9.17, 15) is 0 Å². The van der Waals surface area contributed by atoms with Crippen molar-refractivity contribution in [3.8, 4) is 0 Å². The Balaban J connectivity index is 1.77. The van der Waals surface area contributed by atoms with Crippen molar-refractivity contribution in [3.63, 3.8) is 0 Å². The zero-order valence-corrected chi connectivity index (χ0v) is 12.8. The molecule has 1 aliphatic rings. The molecule has 0 saturated heterocycles. The topological polar surface area (TPSA) is 12.0 Å². The molecule has 1 N–H and O–H groups in total. The van der Waals surface area contributed by atoms with Crippen LogP contribution in [-0.2, 0) is 0 Å². The lowest BCUT2D eigenvalue weighted by Gasteiger charge is -2.24. The van der Waals surface area contributed by atoms with E-state index < -0.39 is 0 Å². The molecule has 1 fully saturated rings. The summed E-state index contributed by atoms with van der Waals surface area (Å²) in [7, 11) is 0. The minimum atomic E-state index is 0.428. The average Bonchev–Trinajstić information content (AvgIpc) is 2.78. The summed E-state index contributed by atoms with van der Waals surface area (Å²) in [5, 5.41) is 6.50. The van der Waals surface area contributed by atoms with Crippen molar-refractivity contribution in [1.29, 1.82) is 0 Å². The van der Waals surface area contributed by atoms with E-state index in [0.717, 1.165) is 11.8 Å².